The van der Waals surface area contributed by atoms with Crippen LogP contribution >= 0.6 is 35.0 Å². The molecule has 0 aliphatic carbocycles. The standard InChI is InChI=1S/C23H19Cl2NO2S/c1-14(2)29-17-7-5-6-15(12-17)23(28)26-21-11-10-16(24)13-19(21)22(27)18-8-3-4-9-20(18)25/h3-14H,1-2H3,(H,26,28). The number of benzene rings is 3. The van der Waals surface area contributed by atoms with E-state index in [-0.39, 0.29) is 17.3 Å². The predicted octanol–water partition coefficient (Wildman–Crippen LogP) is 6.98. The van der Waals surface area contributed by atoms with E-state index in [0.717, 1.165) is 4.90 Å². The highest BCUT2D eigenvalue weighted by atomic mass is 35.5. The molecule has 3 rings (SSSR count). The van der Waals surface area contributed by atoms with Gasteiger partial charge in [0.05, 0.1) is 10.7 Å². The fourth-order valence-electron chi connectivity index (χ4n) is 2.78. The number of thioether (sulfide) groups is 1. The summed E-state index contributed by atoms with van der Waals surface area (Å²) in [7, 11) is 0. The molecule has 29 heavy (non-hydrogen) atoms. The third-order valence-corrected chi connectivity index (χ3v) is 5.62. The first-order chi connectivity index (χ1) is 13.8. The fraction of sp³-hybridized carbons (Fsp3) is 0.130. The van der Waals surface area contributed by atoms with Crippen LogP contribution in [0.5, 0.6) is 0 Å². The van der Waals surface area contributed by atoms with Crippen molar-refractivity contribution in [3.05, 3.63) is 93.5 Å². The van der Waals surface area contributed by atoms with Crippen molar-refractivity contribution in [3.8, 4) is 0 Å². The lowest BCUT2D eigenvalue weighted by molar-refractivity contribution is 0.102. The zero-order chi connectivity index (χ0) is 21.0. The molecule has 3 nitrogen and oxygen atoms in total. The minimum atomic E-state index is -0.308. The number of carbonyl (C=O) groups is 2. The summed E-state index contributed by atoms with van der Waals surface area (Å²) in [5.74, 6) is -0.607. The Bertz CT molecular complexity index is 1070. The molecule has 0 spiro atoms. The van der Waals surface area contributed by atoms with Crippen molar-refractivity contribution in [2.24, 2.45) is 0 Å². The molecule has 0 saturated heterocycles. The lowest BCUT2D eigenvalue weighted by Gasteiger charge is -2.13. The first-order valence-electron chi connectivity index (χ1n) is 9.02. The number of anilines is 1. The first-order valence-corrected chi connectivity index (χ1v) is 10.7. The van der Waals surface area contributed by atoms with Crippen LogP contribution in [0.3, 0.4) is 0 Å². The van der Waals surface area contributed by atoms with Gasteiger partial charge in [-0.15, -0.1) is 11.8 Å². The summed E-state index contributed by atoms with van der Waals surface area (Å²) in [5, 5.41) is 3.98. The molecule has 0 radical (unpaired) electrons. The molecule has 3 aromatic carbocycles. The Morgan fingerprint density at radius 2 is 1.66 bits per heavy atom. The Morgan fingerprint density at radius 3 is 2.38 bits per heavy atom. The van der Waals surface area contributed by atoms with E-state index >= 15 is 0 Å². The van der Waals surface area contributed by atoms with Gasteiger partial charge in [0.2, 0.25) is 0 Å². The number of carbonyl (C=O) groups excluding carboxylic acids is 2. The number of amides is 1. The van der Waals surface area contributed by atoms with Gasteiger partial charge in [0.15, 0.2) is 5.78 Å². The highest BCUT2D eigenvalue weighted by molar-refractivity contribution is 7.99. The van der Waals surface area contributed by atoms with E-state index in [1.807, 2.05) is 18.2 Å². The third-order valence-electron chi connectivity index (χ3n) is 4.06. The number of ketones is 1. The topological polar surface area (TPSA) is 46.2 Å². The monoisotopic (exact) mass is 443 g/mol. The maximum absolute atomic E-state index is 13.0. The van der Waals surface area contributed by atoms with Gasteiger partial charge in [-0.1, -0.05) is 55.2 Å². The summed E-state index contributed by atoms with van der Waals surface area (Å²) < 4.78 is 0. The molecule has 0 bridgehead atoms. The molecule has 0 heterocycles. The summed E-state index contributed by atoms with van der Waals surface area (Å²) in [6.45, 7) is 4.19. The molecule has 0 unspecified atom stereocenters. The molecule has 1 amide bonds. The van der Waals surface area contributed by atoms with E-state index < -0.39 is 0 Å². The van der Waals surface area contributed by atoms with E-state index in [0.29, 0.717) is 32.1 Å². The zero-order valence-electron chi connectivity index (χ0n) is 15.9. The van der Waals surface area contributed by atoms with E-state index in [4.69, 9.17) is 23.2 Å². The average molecular weight is 444 g/mol. The van der Waals surface area contributed by atoms with Crippen molar-refractivity contribution < 1.29 is 9.59 Å². The Balaban J connectivity index is 1.91. The summed E-state index contributed by atoms with van der Waals surface area (Å²) in [5.41, 5.74) is 1.53. The van der Waals surface area contributed by atoms with Crippen molar-refractivity contribution in [2.45, 2.75) is 24.0 Å². The summed E-state index contributed by atoms with van der Waals surface area (Å²) in [6, 6.07) is 19.0. The molecule has 3 aromatic rings. The summed E-state index contributed by atoms with van der Waals surface area (Å²) >= 11 is 14.0. The number of halogens is 2. The Labute approximate surface area is 184 Å². The maximum Gasteiger partial charge on any atom is 0.255 e. The first kappa shape index (κ1) is 21.4. The van der Waals surface area contributed by atoms with E-state index in [9.17, 15) is 9.59 Å². The second-order valence-corrected chi connectivity index (χ2v) is 9.14. The molecule has 6 heteroatoms. The minimum absolute atomic E-state index is 0.284. The number of hydrogen-bond acceptors (Lipinski definition) is 3. The van der Waals surface area contributed by atoms with Gasteiger partial charge in [-0.05, 0) is 48.5 Å². The molecule has 0 atom stereocenters. The normalized spacial score (nSPS) is 10.8. The molecule has 148 valence electrons. The van der Waals surface area contributed by atoms with Gasteiger partial charge in [-0.3, -0.25) is 9.59 Å². The van der Waals surface area contributed by atoms with Gasteiger partial charge < -0.3 is 5.32 Å². The Hall–Kier alpha value is -2.27. The second kappa shape index (κ2) is 9.49. The molecule has 0 aliphatic heterocycles. The van der Waals surface area contributed by atoms with Crippen LogP contribution in [0.15, 0.2) is 71.6 Å². The second-order valence-electron chi connectivity index (χ2n) is 6.65. The molecular weight excluding hydrogens is 425 g/mol. The average Bonchev–Trinajstić information content (AvgIpc) is 2.69. The van der Waals surface area contributed by atoms with Crippen molar-refractivity contribution >= 4 is 52.3 Å². The van der Waals surface area contributed by atoms with Crippen molar-refractivity contribution in [1.82, 2.24) is 0 Å². The lowest BCUT2D eigenvalue weighted by Crippen LogP contribution is -2.15. The maximum atomic E-state index is 13.0. The highest BCUT2D eigenvalue weighted by Crippen LogP contribution is 2.28. The largest absolute Gasteiger partial charge is 0.321 e. The van der Waals surface area contributed by atoms with Crippen LogP contribution in [0.1, 0.15) is 40.1 Å². The van der Waals surface area contributed by atoms with E-state index in [2.05, 4.69) is 19.2 Å². The van der Waals surface area contributed by atoms with Crippen LogP contribution in [-0.4, -0.2) is 16.9 Å². The molecule has 0 fully saturated rings. The smallest absolute Gasteiger partial charge is 0.255 e. The minimum Gasteiger partial charge on any atom is -0.321 e. The molecule has 1 N–H and O–H groups in total. The van der Waals surface area contributed by atoms with Crippen LogP contribution < -0.4 is 5.32 Å². The highest BCUT2D eigenvalue weighted by Gasteiger charge is 2.19. The van der Waals surface area contributed by atoms with Gasteiger partial charge in [0, 0.05) is 31.9 Å². The number of rotatable bonds is 6. The van der Waals surface area contributed by atoms with Gasteiger partial charge in [-0.2, -0.15) is 0 Å². The van der Waals surface area contributed by atoms with Gasteiger partial charge >= 0.3 is 0 Å². The zero-order valence-corrected chi connectivity index (χ0v) is 18.2. The molecule has 0 aliphatic rings. The quantitative estimate of drug-likeness (QED) is 0.330. The predicted molar refractivity (Wildman–Crippen MR) is 122 cm³/mol. The van der Waals surface area contributed by atoms with Crippen LogP contribution in [0.25, 0.3) is 0 Å². The summed E-state index contributed by atoms with van der Waals surface area (Å²) in [6.07, 6.45) is 0. The Kier molecular flexibility index (Phi) is 7.01. The number of hydrogen-bond donors (Lipinski definition) is 1. The summed E-state index contributed by atoms with van der Waals surface area (Å²) in [4.78, 5) is 26.9. The fourth-order valence-corrected chi connectivity index (χ4v) is 4.07. The van der Waals surface area contributed by atoms with Crippen LogP contribution in [0, 0.1) is 0 Å². The van der Waals surface area contributed by atoms with Crippen LogP contribution in [0.2, 0.25) is 10.0 Å². The van der Waals surface area contributed by atoms with Crippen LogP contribution in [0.4, 0.5) is 5.69 Å². The van der Waals surface area contributed by atoms with Gasteiger partial charge in [-0.25, -0.2) is 0 Å². The van der Waals surface area contributed by atoms with E-state index in [1.165, 1.54) is 6.07 Å². The number of nitrogens with one attached hydrogen (secondary N) is 1. The van der Waals surface area contributed by atoms with Crippen molar-refractivity contribution in [2.75, 3.05) is 5.32 Å². The Morgan fingerprint density at radius 1 is 0.897 bits per heavy atom. The van der Waals surface area contributed by atoms with Crippen molar-refractivity contribution in [1.29, 1.82) is 0 Å². The van der Waals surface area contributed by atoms with Crippen LogP contribution in [-0.2, 0) is 0 Å². The molecular formula is C23H19Cl2NO2S. The van der Waals surface area contributed by atoms with Gasteiger partial charge in [0.25, 0.3) is 5.91 Å². The molecule has 0 aromatic heterocycles. The SMILES string of the molecule is CC(C)Sc1cccc(C(=O)Nc2ccc(Cl)cc2C(=O)c2ccccc2Cl)c1. The van der Waals surface area contributed by atoms with Gasteiger partial charge in [0.1, 0.15) is 0 Å². The van der Waals surface area contributed by atoms with E-state index in [1.54, 1.807) is 54.2 Å². The lowest BCUT2D eigenvalue weighted by atomic mass is 10.0. The molecule has 0 saturated carbocycles. The van der Waals surface area contributed by atoms with Crippen molar-refractivity contribution in [3.63, 3.8) is 0 Å². The third kappa shape index (κ3) is 5.41.